The summed E-state index contributed by atoms with van der Waals surface area (Å²) in [6, 6.07) is 7.62. The molecule has 1 aromatic carbocycles. The Morgan fingerprint density at radius 2 is 1.86 bits per heavy atom. The Bertz CT molecular complexity index is 852. The van der Waals surface area contributed by atoms with Crippen LogP contribution in [0.5, 0.6) is 5.75 Å². The van der Waals surface area contributed by atoms with Crippen molar-refractivity contribution in [2.75, 3.05) is 39.9 Å². The Morgan fingerprint density at radius 3 is 2.62 bits per heavy atom. The molecule has 1 saturated heterocycles. The highest BCUT2D eigenvalue weighted by Gasteiger charge is 2.25. The number of aromatic nitrogens is 1. The van der Waals surface area contributed by atoms with Crippen LogP contribution in [0.25, 0.3) is 10.6 Å². The highest BCUT2D eigenvalue weighted by Crippen LogP contribution is 2.32. The normalized spacial score (nSPS) is 14.6. The maximum Gasteiger partial charge on any atom is 0.409 e. The third-order valence-corrected chi connectivity index (χ3v) is 5.52. The minimum absolute atomic E-state index is 0.111. The Kier molecular flexibility index (Phi) is 7.09. The summed E-state index contributed by atoms with van der Waals surface area (Å²) in [5.74, 6) is 0.914. The number of rotatable bonds is 5. The molecular formula is C21H27N3O4S. The van der Waals surface area contributed by atoms with Crippen molar-refractivity contribution in [3.05, 3.63) is 35.3 Å². The van der Waals surface area contributed by atoms with Crippen molar-refractivity contribution in [2.24, 2.45) is 5.92 Å². The zero-order chi connectivity index (χ0) is 20.8. The number of benzene rings is 1. The molecule has 2 amide bonds. The van der Waals surface area contributed by atoms with Crippen LogP contribution in [-0.4, -0.2) is 66.7 Å². The minimum atomic E-state index is -0.305. The molecule has 2 heterocycles. The van der Waals surface area contributed by atoms with Gasteiger partial charge in [0.15, 0.2) is 0 Å². The second-order valence-electron chi connectivity index (χ2n) is 7.34. The van der Waals surface area contributed by atoms with Gasteiger partial charge in [0.25, 0.3) is 5.91 Å². The van der Waals surface area contributed by atoms with Crippen LogP contribution in [0.2, 0.25) is 0 Å². The van der Waals surface area contributed by atoms with Gasteiger partial charge in [-0.2, -0.15) is 0 Å². The summed E-state index contributed by atoms with van der Waals surface area (Å²) >= 11 is 1.42. The van der Waals surface area contributed by atoms with E-state index in [1.807, 2.05) is 38.1 Å². The van der Waals surface area contributed by atoms with E-state index in [1.54, 1.807) is 22.3 Å². The van der Waals surface area contributed by atoms with Gasteiger partial charge in [0.2, 0.25) is 0 Å². The number of hydrogen-bond acceptors (Lipinski definition) is 6. The lowest BCUT2D eigenvalue weighted by molar-refractivity contribution is 0.0742. The molecule has 0 saturated carbocycles. The smallest absolute Gasteiger partial charge is 0.409 e. The van der Waals surface area contributed by atoms with Crippen molar-refractivity contribution < 1.29 is 19.1 Å². The van der Waals surface area contributed by atoms with E-state index in [2.05, 4.69) is 4.98 Å². The molecule has 0 aliphatic carbocycles. The van der Waals surface area contributed by atoms with Crippen molar-refractivity contribution in [3.63, 3.8) is 0 Å². The first-order chi connectivity index (χ1) is 14.0. The molecule has 0 spiro atoms. The van der Waals surface area contributed by atoms with Crippen LogP contribution in [0.4, 0.5) is 4.79 Å². The van der Waals surface area contributed by atoms with Crippen LogP contribution in [0.3, 0.4) is 0 Å². The van der Waals surface area contributed by atoms with Gasteiger partial charge in [-0.15, -0.1) is 11.3 Å². The fraction of sp³-hybridized carbons (Fsp3) is 0.476. The molecular weight excluding hydrogens is 390 g/mol. The Hall–Kier alpha value is -2.61. The molecule has 1 aliphatic heterocycles. The average molecular weight is 418 g/mol. The third-order valence-electron chi connectivity index (χ3n) is 4.64. The van der Waals surface area contributed by atoms with Gasteiger partial charge in [-0.05, 0) is 24.5 Å². The number of nitrogens with zero attached hydrogens (tertiary/aromatic N) is 3. The molecule has 7 nitrogen and oxygen atoms in total. The van der Waals surface area contributed by atoms with E-state index in [9.17, 15) is 9.59 Å². The van der Waals surface area contributed by atoms with Crippen LogP contribution in [0.15, 0.2) is 29.6 Å². The third kappa shape index (κ3) is 5.26. The monoisotopic (exact) mass is 417 g/mol. The SMILES string of the molecule is COc1ccccc1-c1nc(C(=O)N2CCCN(C(=O)OCC(C)C)CC2)cs1. The summed E-state index contributed by atoms with van der Waals surface area (Å²) in [6.45, 7) is 6.52. The molecule has 0 unspecified atom stereocenters. The molecule has 0 atom stereocenters. The first kappa shape index (κ1) is 21.1. The van der Waals surface area contributed by atoms with E-state index in [0.717, 1.165) is 16.3 Å². The van der Waals surface area contributed by atoms with Crippen LogP contribution in [0, 0.1) is 5.92 Å². The number of thiazole rings is 1. The lowest BCUT2D eigenvalue weighted by atomic mass is 10.2. The molecule has 2 aromatic rings. The summed E-state index contributed by atoms with van der Waals surface area (Å²) < 4.78 is 10.7. The van der Waals surface area contributed by atoms with Crippen LogP contribution >= 0.6 is 11.3 Å². The fourth-order valence-corrected chi connectivity index (χ4v) is 3.93. The van der Waals surface area contributed by atoms with Gasteiger partial charge in [0, 0.05) is 31.6 Å². The van der Waals surface area contributed by atoms with Crippen molar-refractivity contribution in [2.45, 2.75) is 20.3 Å². The van der Waals surface area contributed by atoms with E-state index in [4.69, 9.17) is 9.47 Å². The van der Waals surface area contributed by atoms with Gasteiger partial charge in [-0.1, -0.05) is 26.0 Å². The Balaban J connectivity index is 1.64. The quantitative estimate of drug-likeness (QED) is 0.741. The largest absolute Gasteiger partial charge is 0.496 e. The number of methoxy groups -OCH3 is 1. The summed E-state index contributed by atoms with van der Waals surface area (Å²) in [7, 11) is 1.62. The van der Waals surface area contributed by atoms with Gasteiger partial charge >= 0.3 is 6.09 Å². The van der Waals surface area contributed by atoms with Crippen LogP contribution in [-0.2, 0) is 4.74 Å². The molecule has 0 radical (unpaired) electrons. The van der Waals surface area contributed by atoms with Crippen molar-refractivity contribution in [1.29, 1.82) is 0 Å². The van der Waals surface area contributed by atoms with E-state index in [0.29, 0.717) is 50.8 Å². The first-order valence-electron chi connectivity index (χ1n) is 9.79. The standard InChI is InChI=1S/C21H27N3O4S/c1-15(2)13-28-21(26)24-10-6-9-23(11-12-24)20(25)17-14-29-19(22-17)16-7-4-5-8-18(16)27-3/h4-5,7-8,14-15H,6,9-13H2,1-3H3. The zero-order valence-electron chi connectivity index (χ0n) is 17.1. The zero-order valence-corrected chi connectivity index (χ0v) is 17.9. The Labute approximate surface area is 175 Å². The molecule has 0 N–H and O–H groups in total. The van der Waals surface area contributed by atoms with Crippen molar-refractivity contribution >= 4 is 23.3 Å². The second kappa shape index (κ2) is 9.73. The van der Waals surface area contributed by atoms with E-state index >= 15 is 0 Å². The summed E-state index contributed by atoms with van der Waals surface area (Å²) in [4.78, 5) is 33.1. The first-order valence-corrected chi connectivity index (χ1v) is 10.7. The lowest BCUT2D eigenvalue weighted by Gasteiger charge is -2.21. The summed E-state index contributed by atoms with van der Waals surface area (Å²) in [5.41, 5.74) is 1.29. The lowest BCUT2D eigenvalue weighted by Crippen LogP contribution is -2.38. The van der Waals surface area contributed by atoms with Crippen molar-refractivity contribution in [3.8, 4) is 16.3 Å². The fourth-order valence-electron chi connectivity index (χ4n) is 3.11. The summed E-state index contributed by atoms with van der Waals surface area (Å²) in [6.07, 6.45) is 0.409. The van der Waals surface area contributed by atoms with Gasteiger partial charge in [0.05, 0.1) is 19.3 Å². The predicted octanol–water partition coefficient (Wildman–Crippen LogP) is 3.76. The van der Waals surface area contributed by atoms with E-state index < -0.39 is 0 Å². The highest BCUT2D eigenvalue weighted by atomic mass is 32.1. The molecule has 0 bridgehead atoms. The molecule has 1 aliphatic rings. The van der Waals surface area contributed by atoms with Gasteiger partial charge in [-0.3, -0.25) is 4.79 Å². The predicted molar refractivity (Wildman–Crippen MR) is 112 cm³/mol. The highest BCUT2D eigenvalue weighted by molar-refractivity contribution is 7.13. The number of hydrogen-bond donors (Lipinski definition) is 0. The number of para-hydroxylation sites is 1. The average Bonchev–Trinajstić information content (AvgIpc) is 3.09. The maximum atomic E-state index is 12.9. The second-order valence-corrected chi connectivity index (χ2v) is 8.20. The molecule has 3 rings (SSSR count). The topological polar surface area (TPSA) is 72.0 Å². The number of carbonyl (C=O) groups is 2. The van der Waals surface area contributed by atoms with E-state index in [-0.39, 0.29) is 12.0 Å². The Morgan fingerprint density at radius 1 is 1.14 bits per heavy atom. The molecule has 156 valence electrons. The number of carbonyl (C=O) groups excluding carboxylic acids is 2. The summed E-state index contributed by atoms with van der Waals surface area (Å²) in [5, 5.41) is 2.53. The van der Waals surface area contributed by atoms with Gasteiger partial charge in [0.1, 0.15) is 16.5 Å². The van der Waals surface area contributed by atoms with Crippen LogP contribution in [0.1, 0.15) is 30.8 Å². The molecule has 1 aromatic heterocycles. The number of ether oxygens (including phenoxy) is 2. The minimum Gasteiger partial charge on any atom is -0.496 e. The van der Waals surface area contributed by atoms with Crippen molar-refractivity contribution in [1.82, 2.24) is 14.8 Å². The maximum absolute atomic E-state index is 12.9. The van der Waals surface area contributed by atoms with Gasteiger partial charge in [-0.25, -0.2) is 9.78 Å². The van der Waals surface area contributed by atoms with Gasteiger partial charge < -0.3 is 19.3 Å². The molecule has 1 fully saturated rings. The van der Waals surface area contributed by atoms with Crippen LogP contribution < -0.4 is 4.74 Å². The number of amides is 2. The molecule has 29 heavy (non-hydrogen) atoms. The molecule has 8 heteroatoms. The van der Waals surface area contributed by atoms with E-state index in [1.165, 1.54) is 11.3 Å².